The molecule has 0 aliphatic rings. The average molecular weight is 333 g/mol. The minimum atomic E-state index is -3.78. The van der Waals surface area contributed by atoms with Gasteiger partial charge in [0, 0.05) is 6.04 Å². The molecule has 0 unspecified atom stereocenters. The van der Waals surface area contributed by atoms with Crippen molar-refractivity contribution in [1.82, 2.24) is 15.0 Å². The lowest BCUT2D eigenvalue weighted by molar-refractivity contribution is 0.315. The molecule has 0 saturated heterocycles. The maximum Gasteiger partial charge on any atom is 0.243 e. The summed E-state index contributed by atoms with van der Waals surface area (Å²) in [6.07, 6.45) is 0. The Hall–Kier alpha value is -2.45. The van der Waals surface area contributed by atoms with Crippen LogP contribution in [0.2, 0.25) is 0 Å². The van der Waals surface area contributed by atoms with Crippen molar-refractivity contribution in [1.29, 1.82) is 0 Å². The van der Waals surface area contributed by atoms with E-state index in [-0.39, 0.29) is 10.4 Å². The van der Waals surface area contributed by atoms with Crippen LogP contribution in [-0.2, 0) is 10.0 Å². The van der Waals surface area contributed by atoms with Gasteiger partial charge in [-0.3, -0.25) is 0 Å². The molecule has 3 rings (SSSR count). The first-order valence-electron chi connectivity index (χ1n) is 6.89. The summed E-state index contributed by atoms with van der Waals surface area (Å²) in [7, 11) is -2.22. The summed E-state index contributed by atoms with van der Waals surface area (Å²) in [6, 6.07) is 11.5. The lowest BCUT2D eigenvalue weighted by Crippen LogP contribution is -2.27. The number of sulfonamides is 1. The zero-order chi connectivity index (χ0) is 16.4. The maximum atomic E-state index is 12.6. The van der Waals surface area contributed by atoms with Crippen LogP contribution in [0.4, 0.5) is 0 Å². The van der Waals surface area contributed by atoms with Gasteiger partial charge >= 0.3 is 0 Å². The van der Waals surface area contributed by atoms with Crippen LogP contribution in [0.15, 0.2) is 52.0 Å². The SMILES string of the molecule is COc1cccc([C@H](C)NS(=O)(=O)c2cccc3nonc23)c1. The highest BCUT2D eigenvalue weighted by atomic mass is 32.2. The molecule has 0 bridgehead atoms. The van der Waals surface area contributed by atoms with Crippen molar-refractivity contribution in [3.05, 3.63) is 48.0 Å². The minimum absolute atomic E-state index is 0.0333. The third-order valence-electron chi connectivity index (χ3n) is 3.46. The molecule has 0 spiro atoms. The van der Waals surface area contributed by atoms with Crippen LogP contribution in [0.1, 0.15) is 18.5 Å². The molecular weight excluding hydrogens is 318 g/mol. The van der Waals surface area contributed by atoms with Crippen LogP contribution < -0.4 is 9.46 Å². The van der Waals surface area contributed by atoms with E-state index < -0.39 is 16.1 Å². The molecule has 0 amide bonds. The van der Waals surface area contributed by atoms with Crippen LogP contribution in [0, 0.1) is 0 Å². The van der Waals surface area contributed by atoms with E-state index in [2.05, 4.69) is 19.7 Å². The molecule has 1 aromatic heterocycles. The Morgan fingerprint density at radius 1 is 1.17 bits per heavy atom. The predicted octanol–water partition coefficient (Wildman–Crippen LogP) is 2.27. The monoisotopic (exact) mass is 333 g/mol. The smallest absolute Gasteiger partial charge is 0.243 e. The Morgan fingerprint density at radius 3 is 2.74 bits per heavy atom. The fraction of sp³-hybridized carbons (Fsp3) is 0.200. The van der Waals surface area contributed by atoms with E-state index in [1.807, 2.05) is 6.07 Å². The summed E-state index contributed by atoms with van der Waals surface area (Å²) >= 11 is 0. The lowest BCUT2D eigenvalue weighted by Gasteiger charge is -2.15. The quantitative estimate of drug-likeness (QED) is 0.770. The summed E-state index contributed by atoms with van der Waals surface area (Å²) < 4.78 is 37.7. The van der Waals surface area contributed by atoms with E-state index in [1.165, 1.54) is 6.07 Å². The standard InChI is InChI=1S/C15H15N3O4S/c1-10(11-5-3-6-12(9-11)21-2)18-23(19,20)14-8-4-7-13-15(14)17-22-16-13/h3-10,18H,1-2H3/t10-/m0/s1. The van der Waals surface area contributed by atoms with Gasteiger partial charge in [0.1, 0.15) is 16.2 Å². The highest BCUT2D eigenvalue weighted by Gasteiger charge is 2.23. The summed E-state index contributed by atoms with van der Waals surface area (Å²) in [5.41, 5.74) is 1.39. The number of nitrogens with zero attached hydrogens (tertiary/aromatic N) is 2. The van der Waals surface area contributed by atoms with Crippen molar-refractivity contribution in [3.63, 3.8) is 0 Å². The highest BCUT2D eigenvalue weighted by molar-refractivity contribution is 7.89. The van der Waals surface area contributed by atoms with E-state index in [4.69, 9.17) is 4.74 Å². The van der Waals surface area contributed by atoms with E-state index in [9.17, 15) is 8.42 Å². The van der Waals surface area contributed by atoms with Gasteiger partial charge in [-0.25, -0.2) is 17.8 Å². The van der Waals surface area contributed by atoms with Gasteiger partial charge in [-0.1, -0.05) is 18.2 Å². The van der Waals surface area contributed by atoms with E-state index in [1.54, 1.807) is 44.4 Å². The van der Waals surface area contributed by atoms with Gasteiger partial charge in [-0.15, -0.1) is 0 Å². The van der Waals surface area contributed by atoms with Crippen molar-refractivity contribution < 1.29 is 17.8 Å². The van der Waals surface area contributed by atoms with Crippen LogP contribution in [0.3, 0.4) is 0 Å². The molecule has 2 aromatic carbocycles. The van der Waals surface area contributed by atoms with Gasteiger partial charge in [0.25, 0.3) is 0 Å². The number of rotatable bonds is 5. The third kappa shape index (κ3) is 3.03. The molecule has 23 heavy (non-hydrogen) atoms. The van der Waals surface area contributed by atoms with Crippen molar-refractivity contribution in [2.45, 2.75) is 17.9 Å². The number of hydrogen-bond donors (Lipinski definition) is 1. The Balaban J connectivity index is 1.93. The number of methoxy groups -OCH3 is 1. The average Bonchev–Trinajstić information content (AvgIpc) is 3.02. The molecule has 120 valence electrons. The Labute approximate surface area is 133 Å². The third-order valence-corrected chi connectivity index (χ3v) is 5.04. The second kappa shape index (κ2) is 5.98. The minimum Gasteiger partial charge on any atom is -0.497 e. The molecule has 1 heterocycles. The first kappa shape index (κ1) is 15.4. The summed E-state index contributed by atoms with van der Waals surface area (Å²) in [5.74, 6) is 0.663. The second-order valence-corrected chi connectivity index (χ2v) is 6.69. The maximum absolute atomic E-state index is 12.6. The Morgan fingerprint density at radius 2 is 1.96 bits per heavy atom. The zero-order valence-electron chi connectivity index (χ0n) is 12.6. The van der Waals surface area contributed by atoms with Crippen molar-refractivity contribution in [2.24, 2.45) is 0 Å². The molecule has 1 atom stereocenters. The summed E-state index contributed by atoms with van der Waals surface area (Å²) in [5, 5.41) is 7.33. The summed E-state index contributed by atoms with van der Waals surface area (Å²) in [6.45, 7) is 1.76. The number of aromatic nitrogens is 2. The van der Waals surface area contributed by atoms with Crippen LogP contribution in [-0.4, -0.2) is 25.8 Å². The first-order chi connectivity index (χ1) is 11.0. The predicted molar refractivity (Wildman–Crippen MR) is 83.5 cm³/mol. The Kier molecular flexibility index (Phi) is 4.01. The number of hydrogen-bond acceptors (Lipinski definition) is 6. The second-order valence-electron chi connectivity index (χ2n) is 5.01. The molecule has 1 N–H and O–H groups in total. The fourth-order valence-electron chi connectivity index (χ4n) is 2.27. The van der Waals surface area contributed by atoms with Gasteiger partial charge in [0.2, 0.25) is 10.0 Å². The topological polar surface area (TPSA) is 94.3 Å². The van der Waals surface area contributed by atoms with Gasteiger partial charge in [-0.2, -0.15) is 0 Å². The van der Waals surface area contributed by atoms with Crippen molar-refractivity contribution in [2.75, 3.05) is 7.11 Å². The largest absolute Gasteiger partial charge is 0.497 e. The number of nitrogens with one attached hydrogen (secondary N) is 1. The first-order valence-corrected chi connectivity index (χ1v) is 8.37. The van der Waals surface area contributed by atoms with Crippen LogP contribution >= 0.6 is 0 Å². The van der Waals surface area contributed by atoms with E-state index in [0.29, 0.717) is 11.3 Å². The molecule has 0 aliphatic heterocycles. The molecule has 3 aromatic rings. The fourth-order valence-corrected chi connectivity index (χ4v) is 3.66. The molecule has 7 nitrogen and oxygen atoms in total. The van der Waals surface area contributed by atoms with Gasteiger partial charge in [0.15, 0.2) is 5.52 Å². The summed E-state index contributed by atoms with van der Waals surface area (Å²) in [4.78, 5) is 0.0333. The number of fused-ring (bicyclic) bond motifs is 1. The number of ether oxygens (including phenoxy) is 1. The number of benzene rings is 2. The molecular formula is C15H15N3O4S. The molecule has 0 saturated carbocycles. The van der Waals surface area contributed by atoms with E-state index in [0.717, 1.165) is 5.56 Å². The lowest BCUT2D eigenvalue weighted by atomic mass is 10.1. The van der Waals surface area contributed by atoms with E-state index >= 15 is 0 Å². The van der Waals surface area contributed by atoms with Crippen LogP contribution in [0.5, 0.6) is 5.75 Å². The molecule has 0 aliphatic carbocycles. The van der Waals surface area contributed by atoms with Crippen molar-refractivity contribution in [3.8, 4) is 5.75 Å². The normalized spacial score (nSPS) is 13.1. The molecule has 0 radical (unpaired) electrons. The van der Waals surface area contributed by atoms with Crippen LogP contribution in [0.25, 0.3) is 11.0 Å². The Bertz CT molecular complexity index is 937. The molecule has 0 fully saturated rings. The van der Waals surface area contributed by atoms with Crippen molar-refractivity contribution >= 4 is 21.1 Å². The van der Waals surface area contributed by atoms with Gasteiger partial charge in [0.05, 0.1) is 7.11 Å². The highest BCUT2D eigenvalue weighted by Crippen LogP contribution is 2.24. The molecule has 8 heteroatoms. The van der Waals surface area contributed by atoms with Gasteiger partial charge < -0.3 is 4.74 Å². The zero-order valence-corrected chi connectivity index (χ0v) is 13.4. The van der Waals surface area contributed by atoms with Gasteiger partial charge in [-0.05, 0) is 47.1 Å².